The quantitative estimate of drug-likeness (QED) is 0.918. The largest absolute Gasteiger partial charge is 0.493 e. The molecular formula is C15H16FNO4S. The molecule has 0 aliphatic heterocycles. The van der Waals surface area contributed by atoms with E-state index in [4.69, 9.17) is 9.47 Å². The lowest BCUT2D eigenvalue weighted by Crippen LogP contribution is -2.13. The second kappa shape index (κ2) is 6.23. The van der Waals surface area contributed by atoms with Gasteiger partial charge < -0.3 is 9.47 Å². The van der Waals surface area contributed by atoms with Gasteiger partial charge in [0.15, 0.2) is 11.5 Å². The summed E-state index contributed by atoms with van der Waals surface area (Å²) in [6.45, 7) is 1.50. The predicted molar refractivity (Wildman–Crippen MR) is 81.5 cm³/mol. The molecular weight excluding hydrogens is 309 g/mol. The van der Waals surface area contributed by atoms with Crippen LogP contribution in [-0.2, 0) is 10.0 Å². The highest BCUT2D eigenvalue weighted by atomic mass is 32.2. The fourth-order valence-electron chi connectivity index (χ4n) is 1.90. The second-order valence-corrected chi connectivity index (χ2v) is 6.27. The molecule has 2 aromatic rings. The minimum atomic E-state index is -3.81. The van der Waals surface area contributed by atoms with E-state index in [0.717, 1.165) is 6.07 Å². The number of methoxy groups -OCH3 is 2. The van der Waals surface area contributed by atoms with Crippen molar-refractivity contribution < 1.29 is 22.3 Å². The third-order valence-corrected chi connectivity index (χ3v) is 4.45. The molecule has 118 valence electrons. The van der Waals surface area contributed by atoms with E-state index in [9.17, 15) is 12.8 Å². The first-order chi connectivity index (χ1) is 10.4. The highest BCUT2D eigenvalue weighted by molar-refractivity contribution is 7.92. The topological polar surface area (TPSA) is 64.6 Å². The average Bonchev–Trinajstić information content (AvgIpc) is 2.49. The van der Waals surface area contributed by atoms with E-state index in [1.54, 1.807) is 12.1 Å². The summed E-state index contributed by atoms with van der Waals surface area (Å²) in [4.78, 5) is -0.0128. The fourth-order valence-corrected chi connectivity index (χ4v) is 3.03. The van der Waals surface area contributed by atoms with Gasteiger partial charge in [0.1, 0.15) is 5.82 Å². The molecule has 2 rings (SSSR count). The number of benzene rings is 2. The molecule has 0 aromatic heterocycles. The Labute approximate surface area is 128 Å². The van der Waals surface area contributed by atoms with E-state index >= 15 is 0 Å². The van der Waals surface area contributed by atoms with Crippen LogP contribution in [0.5, 0.6) is 11.5 Å². The van der Waals surface area contributed by atoms with Crippen molar-refractivity contribution in [1.82, 2.24) is 0 Å². The number of aryl methyl sites for hydroxylation is 1. The van der Waals surface area contributed by atoms with Crippen LogP contribution in [0.3, 0.4) is 0 Å². The van der Waals surface area contributed by atoms with Crippen LogP contribution in [0, 0.1) is 12.7 Å². The Morgan fingerprint density at radius 3 is 2.27 bits per heavy atom. The Bertz CT molecular complexity index is 790. The zero-order valence-electron chi connectivity index (χ0n) is 12.4. The van der Waals surface area contributed by atoms with Crippen LogP contribution in [-0.4, -0.2) is 22.6 Å². The maximum absolute atomic E-state index is 13.3. The first-order valence-corrected chi connectivity index (χ1v) is 7.86. The van der Waals surface area contributed by atoms with Crippen LogP contribution in [0.2, 0.25) is 0 Å². The number of ether oxygens (including phenoxy) is 2. The van der Waals surface area contributed by atoms with Crippen LogP contribution in [0.1, 0.15) is 5.56 Å². The van der Waals surface area contributed by atoms with Gasteiger partial charge in [-0.15, -0.1) is 0 Å². The van der Waals surface area contributed by atoms with E-state index < -0.39 is 15.8 Å². The van der Waals surface area contributed by atoms with Crippen molar-refractivity contribution >= 4 is 15.7 Å². The zero-order valence-corrected chi connectivity index (χ0v) is 13.2. The number of nitrogens with one attached hydrogen (secondary N) is 1. The first kappa shape index (κ1) is 16.1. The molecule has 0 saturated heterocycles. The third-order valence-electron chi connectivity index (χ3n) is 3.08. The van der Waals surface area contributed by atoms with Gasteiger partial charge in [-0.1, -0.05) is 0 Å². The third kappa shape index (κ3) is 3.30. The molecule has 2 aromatic carbocycles. The first-order valence-electron chi connectivity index (χ1n) is 6.38. The number of anilines is 1. The highest BCUT2D eigenvalue weighted by Crippen LogP contribution is 2.30. The molecule has 0 aliphatic carbocycles. The van der Waals surface area contributed by atoms with E-state index in [0.29, 0.717) is 17.2 Å². The Morgan fingerprint density at radius 1 is 1.00 bits per heavy atom. The van der Waals surface area contributed by atoms with Gasteiger partial charge in [-0.25, -0.2) is 12.8 Å². The summed E-state index contributed by atoms with van der Waals surface area (Å²) in [5, 5.41) is 0. The van der Waals surface area contributed by atoms with Crippen molar-refractivity contribution in [3.8, 4) is 11.5 Å². The Hall–Kier alpha value is -2.28. The van der Waals surface area contributed by atoms with Crippen LogP contribution in [0.25, 0.3) is 0 Å². The van der Waals surface area contributed by atoms with Gasteiger partial charge in [0.2, 0.25) is 0 Å². The summed E-state index contributed by atoms with van der Waals surface area (Å²) in [6.07, 6.45) is 0. The van der Waals surface area contributed by atoms with Gasteiger partial charge in [0, 0.05) is 6.07 Å². The number of sulfonamides is 1. The van der Waals surface area contributed by atoms with E-state index in [1.807, 2.05) is 0 Å². The van der Waals surface area contributed by atoms with Crippen LogP contribution < -0.4 is 14.2 Å². The normalized spacial score (nSPS) is 11.1. The lowest BCUT2D eigenvalue weighted by molar-refractivity contribution is 0.355. The molecule has 0 bridgehead atoms. The second-order valence-electron chi connectivity index (χ2n) is 4.59. The van der Waals surface area contributed by atoms with Gasteiger partial charge in [-0.05, 0) is 42.8 Å². The van der Waals surface area contributed by atoms with E-state index in [2.05, 4.69) is 4.72 Å². The smallest absolute Gasteiger partial charge is 0.261 e. The van der Waals surface area contributed by atoms with Crippen molar-refractivity contribution in [3.63, 3.8) is 0 Å². The molecule has 0 spiro atoms. The van der Waals surface area contributed by atoms with Gasteiger partial charge in [0.25, 0.3) is 10.0 Å². The summed E-state index contributed by atoms with van der Waals surface area (Å²) in [5.41, 5.74) is 0.579. The number of hydrogen-bond acceptors (Lipinski definition) is 4. The minimum Gasteiger partial charge on any atom is -0.493 e. The lowest BCUT2D eigenvalue weighted by Gasteiger charge is -2.12. The Morgan fingerprint density at radius 2 is 1.68 bits per heavy atom. The molecule has 1 N–H and O–H groups in total. The maximum atomic E-state index is 13.3. The van der Waals surface area contributed by atoms with Crippen molar-refractivity contribution in [2.45, 2.75) is 11.8 Å². The predicted octanol–water partition coefficient (Wildman–Crippen LogP) is 2.95. The van der Waals surface area contributed by atoms with Gasteiger partial charge in [-0.2, -0.15) is 0 Å². The molecule has 0 aliphatic rings. The highest BCUT2D eigenvalue weighted by Gasteiger charge is 2.16. The van der Waals surface area contributed by atoms with Crippen LogP contribution >= 0.6 is 0 Å². The molecule has 0 saturated carbocycles. The minimum absolute atomic E-state index is 0.0128. The van der Waals surface area contributed by atoms with Crippen molar-refractivity contribution in [3.05, 3.63) is 47.8 Å². The molecule has 0 heterocycles. The van der Waals surface area contributed by atoms with Crippen LogP contribution in [0.15, 0.2) is 41.3 Å². The monoisotopic (exact) mass is 325 g/mol. The summed E-state index contributed by atoms with van der Waals surface area (Å²) in [7, 11) is -0.863. The van der Waals surface area contributed by atoms with Gasteiger partial charge in [0.05, 0.1) is 24.8 Å². The molecule has 0 atom stereocenters. The molecule has 5 nitrogen and oxygen atoms in total. The van der Waals surface area contributed by atoms with Gasteiger partial charge in [-0.3, -0.25) is 4.72 Å². The summed E-state index contributed by atoms with van der Waals surface area (Å²) < 4.78 is 50.5. The summed E-state index contributed by atoms with van der Waals surface area (Å²) in [6, 6.07) is 8.26. The van der Waals surface area contributed by atoms with Crippen molar-refractivity contribution in [2.75, 3.05) is 18.9 Å². The van der Waals surface area contributed by atoms with Gasteiger partial charge >= 0.3 is 0 Å². The summed E-state index contributed by atoms with van der Waals surface area (Å²) >= 11 is 0. The standard InChI is InChI=1S/C15H16FNO4S/c1-10-8-12(5-6-13(10)16)22(18,19)17-11-4-7-14(20-2)15(9-11)21-3/h4-9,17H,1-3H3. The molecule has 0 amide bonds. The maximum Gasteiger partial charge on any atom is 0.261 e. The average molecular weight is 325 g/mol. The Balaban J connectivity index is 2.34. The van der Waals surface area contributed by atoms with Crippen LogP contribution in [0.4, 0.5) is 10.1 Å². The summed E-state index contributed by atoms with van der Waals surface area (Å²) in [5.74, 6) is 0.436. The van der Waals surface area contributed by atoms with Crippen molar-refractivity contribution in [1.29, 1.82) is 0 Å². The Kier molecular flexibility index (Phi) is 4.56. The lowest BCUT2D eigenvalue weighted by atomic mass is 10.2. The van der Waals surface area contributed by atoms with E-state index in [1.165, 1.54) is 39.3 Å². The molecule has 22 heavy (non-hydrogen) atoms. The fraction of sp³-hybridized carbons (Fsp3) is 0.200. The molecule has 0 radical (unpaired) electrons. The SMILES string of the molecule is COc1ccc(NS(=O)(=O)c2ccc(F)c(C)c2)cc1OC. The van der Waals surface area contributed by atoms with E-state index in [-0.39, 0.29) is 10.5 Å². The molecule has 0 unspecified atom stereocenters. The van der Waals surface area contributed by atoms with Crippen molar-refractivity contribution in [2.24, 2.45) is 0 Å². The number of rotatable bonds is 5. The zero-order chi connectivity index (χ0) is 16.3. The molecule has 0 fully saturated rings. The number of hydrogen-bond donors (Lipinski definition) is 1. The number of halogens is 1. The molecule has 7 heteroatoms.